The second-order valence-electron chi connectivity index (χ2n) is 7.71. The fourth-order valence-corrected chi connectivity index (χ4v) is 4.14. The third kappa shape index (κ3) is 4.29. The van der Waals surface area contributed by atoms with Gasteiger partial charge in [-0.1, -0.05) is 19.1 Å². The number of nitrogens with zero attached hydrogens (tertiary/aromatic N) is 4. The molecule has 0 amide bonds. The maximum atomic E-state index is 5.78. The van der Waals surface area contributed by atoms with Gasteiger partial charge < -0.3 is 19.5 Å². The van der Waals surface area contributed by atoms with Crippen LogP contribution < -0.4 is 10.1 Å². The van der Waals surface area contributed by atoms with Gasteiger partial charge in [-0.15, -0.1) is 0 Å². The smallest absolute Gasteiger partial charge is 0.222 e. The van der Waals surface area contributed by atoms with E-state index in [0.717, 1.165) is 54.0 Å². The van der Waals surface area contributed by atoms with Crippen LogP contribution in [0.15, 0.2) is 54.4 Å². The molecule has 3 aromatic heterocycles. The van der Waals surface area contributed by atoms with E-state index >= 15 is 0 Å². The van der Waals surface area contributed by atoms with Crippen LogP contribution in [0, 0.1) is 0 Å². The van der Waals surface area contributed by atoms with Crippen molar-refractivity contribution in [1.82, 2.24) is 19.4 Å². The second kappa shape index (κ2) is 9.25. The summed E-state index contributed by atoms with van der Waals surface area (Å²) < 4.78 is 8.14. The van der Waals surface area contributed by atoms with E-state index in [1.54, 1.807) is 6.20 Å². The summed E-state index contributed by atoms with van der Waals surface area (Å²) in [6, 6.07) is 8.29. The number of aryl methyl sites for hydroxylation is 2. The van der Waals surface area contributed by atoms with Gasteiger partial charge >= 0.3 is 0 Å². The number of ether oxygens (including phenoxy) is 1. The van der Waals surface area contributed by atoms with Gasteiger partial charge in [0.25, 0.3) is 0 Å². The largest absolute Gasteiger partial charge is 0.477 e. The highest BCUT2D eigenvalue weighted by molar-refractivity contribution is 5.93. The first kappa shape index (κ1) is 21.0. The average Bonchev–Trinajstić information content (AvgIpc) is 3.16. The summed E-state index contributed by atoms with van der Waals surface area (Å²) in [5, 5.41) is 3.68. The summed E-state index contributed by atoms with van der Waals surface area (Å²) in [6.07, 6.45) is 9.30. The first-order valence-corrected chi connectivity index (χ1v) is 11.1. The van der Waals surface area contributed by atoms with Gasteiger partial charge in [0.2, 0.25) is 5.88 Å². The Hall–Kier alpha value is -3.28. The molecule has 0 bridgehead atoms. The van der Waals surface area contributed by atoms with Crippen molar-refractivity contribution in [2.45, 2.75) is 33.7 Å². The van der Waals surface area contributed by atoms with Gasteiger partial charge in [-0.05, 0) is 50.1 Å². The molecule has 162 valence electrons. The fraction of sp³-hybridized carbons (Fsp3) is 0.360. The molecule has 31 heavy (non-hydrogen) atoms. The van der Waals surface area contributed by atoms with E-state index in [-0.39, 0.29) is 0 Å². The number of hydrogen-bond donors (Lipinski definition) is 1. The molecule has 0 saturated heterocycles. The standard InChI is InChI=1S/C25H31N5O/c1-5-19-14-23-24(30(19)6-2)22(27-16-18-10-9-13-29(4)17-18)15-21(28-23)20-11-8-12-26-25(20)31-7-3/h8-12,14-15,17H,5-7,13,16H2,1-4H3,(H,27,28). The second-order valence-corrected chi connectivity index (χ2v) is 7.71. The Morgan fingerprint density at radius 2 is 2.06 bits per heavy atom. The van der Waals surface area contributed by atoms with Gasteiger partial charge in [-0.25, -0.2) is 9.97 Å². The molecule has 3 aromatic rings. The molecule has 1 aliphatic heterocycles. The summed E-state index contributed by atoms with van der Waals surface area (Å²) in [6.45, 7) is 9.53. The minimum Gasteiger partial charge on any atom is -0.477 e. The van der Waals surface area contributed by atoms with Crippen molar-refractivity contribution in [3.63, 3.8) is 0 Å². The number of aromatic nitrogens is 3. The normalized spacial score (nSPS) is 13.5. The van der Waals surface area contributed by atoms with Crippen LogP contribution in [0.5, 0.6) is 5.88 Å². The summed E-state index contributed by atoms with van der Waals surface area (Å²) in [4.78, 5) is 11.6. The molecule has 0 spiro atoms. The van der Waals surface area contributed by atoms with E-state index in [2.05, 4.69) is 71.1 Å². The lowest BCUT2D eigenvalue weighted by molar-refractivity contribution is 0.328. The number of rotatable bonds is 8. The number of nitrogens with one attached hydrogen (secondary N) is 1. The van der Waals surface area contributed by atoms with Crippen molar-refractivity contribution in [1.29, 1.82) is 0 Å². The van der Waals surface area contributed by atoms with Gasteiger partial charge in [0.05, 0.1) is 34.6 Å². The van der Waals surface area contributed by atoms with E-state index in [4.69, 9.17) is 9.72 Å². The van der Waals surface area contributed by atoms with Crippen LogP contribution in [-0.2, 0) is 13.0 Å². The van der Waals surface area contributed by atoms with E-state index in [0.29, 0.717) is 12.5 Å². The predicted molar refractivity (Wildman–Crippen MR) is 128 cm³/mol. The highest BCUT2D eigenvalue weighted by Crippen LogP contribution is 2.34. The molecular formula is C25H31N5O. The number of pyridine rings is 2. The zero-order valence-corrected chi connectivity index (χ0v) is 18.9. The summed E-state index contributed by atoms with van der Waals surface area (Å²) in [5.74, 6) is 0.619. The zero-order valence-electron chi connectivity index (χ0n) is 18.9. The lowest BCUT2D eigenvalue weighted by Gasteiger charge is -2.19. The Kier molecular flexibility index (Phi) is 6.26. The quantitative estimate of drug-likeness (QED) is 0.566. The molecule has 0 saturated carbocycles. The van der Waals surface area contributed by atoms with Crippen LogP contribution in [0.4, 0.5) is 5.69 Å². The molecule has 1 N–H and O–H groups in total. The van der Waals surface area contributed by atoms with Gasteiger partial charge in [0, 0.05) is 44.8 Å². The van der Waals surface area contributed by atoms with E-state index in [1.165, 1.54) is 11.3 Å². The minimum absolute atomic E-state index is 0.567. The Labute approximate surface area is 184 Å². The molecular weight excluding hydrogens is 386 g/mol. The number of hydrogen-bond acceptors (Lipinski definition) is 5. The molecule has 6 nitrogen and oxygen atoms in total. The maximum Gasteiger partial charge on any atom is 0.222 e. The van der Waals surface area contributed by atoms with Crippen molar-refractivity contribution in [3.8, 4) is 17.1 Å². The van der Waals surface area contributed by atoms with Crippen molar-refractivity contribution >= 4 is 16.7 Å². The Bertz CT molecular complexity index is 1130. The first-order valence-electron chi connectivity index (χ1n) is 11.1. The topological polar surface area (TPSA) is 55.2 Å². The number of fused-ring (bicyclic) bond motifs is 1. The third-order valence-electron chi connectivity index (χ3n) is 5.54. The maximum absolute atomic E-state index is 5.78. The van der Waals surface area contributed by atoms with Crippen LogP contribution in [-0.4, -0.2) is 46.2 Å². The number of likely N-dealkylation sites (N-methyl/N-ethyl adjacent to an activating group) is 1. The van der Waals surface area contributed by atoms with E-state index in [1.807, 2.05) is 19.1 Å². The molecule has 1 aliphatic rings. The van der Waals surface area contributed by atoms with Crippen LogP contribution >= 0.6 is 0 Å². The van der Waals surface area contributed by atoms with Crippen molar-refractivity contribution in [2.24, 2.45) is 0 Å². The highest BCUT2D eigenvalue weighted by atomic mass is 16.5. The molecule has 0 radical (unpaired) electrons. The monoisotopic (exact) mass is 417 g/mol. The van der Waals surface area contributed by atoms with Crippen LogP contribution in [0.3, 0.4) is 0 Å². The van der Waals surface area contributed by atoms with E-state index < -0.39 is 0 Å². The molecule has 0 unspecified atom stereocenters. The molecule has 0 atom stereocenters. The van der Waals surface area contributed by atoms with Gasteiger partial charge in [0.1, 0.15) is 0 Å². The van der Waals surface area contributed by atoms with Gasteiger partial charge in [-0.2, -0.15) is 0 Å². The predicted octanol–water partition coefficient (Wildman–Crippen LogP) is 4.88. The van der Waals surface area contributed by atoms with Gasteiger partial charge in [0.15, 0.2) is 0 Å². The molecule has 4 heterocycles. The lowest BCUT2D eigenvalue weighted by atomic mass is 10.1. The van der Waals surface area contributed by atoms with Gasteiger partial charge in [-0.3, -0.25) is 0 Å². The molecule has 4 rings (SSSR count). The summed E-state index contributed by atoms with van der Waals surface area (Å²) in [7, 11) is 2.10. The zero-order chi connectivity index (χ0) is 21.8. The van der Waals surface area contributed by atoms with Crippen molar-refractivity contribution < 1.29 is 4.74 Å². The minimum atomic E-state index is 0.567. The molecule has 6 heteroatoms. The highest BCUT2D eigenvalue weighted by Gasteiger charge is 2.17. The Balaban J connectivity index is 1.82. The third-order valence-corrected chi connectivity index (χ3v) is 5.54. The average molecular weight is 418 g/mol. The summed E-state index contributed by atoms with van der Waals surface area (Å²) in [5.41, 5.74) is 7.55. The summed E-state index contributed by atoms with van der Waals surface area (Å²) >= 11 is 0. The first-order chi connectivity index (χ1) is 15.1. The Morgan fingerprint density at radius 1 is 1.19 bits per heavy atom. The number of anilines is 1. The van der Waals surface area contributed by atoms with Crippen LogP contribution in [0.2, 0.25) is 0 Å². The molecule has 0 fully saturated rings. The fourth-order valence-electron chi connectivity index (χ4n) is 4.14. The molecule has 0 aliphatic carbocycles. The van der Waals surface area contributed by atoms with E-state index in [9.17, 15) is 0 Å². The van der Waals surface area contributed by atoms with Crippen molar-refractivity contribution in [3.05, 3.63) is 60.1 Å². The van der Waals surface area contributed by atoms with Crippen molar-refractivity contribution in [2.75, 3.05) is 32.1 Å². The van der Waals surface area contributed by atoms with Crippen LogP contribution in [0.25, 0.3) is 22.3 Å². The van der Waals surface area contributed by atoms with Crippen LogP contribution in [0.1, 0.15) is 26.5 Å². The molecule has 0 aromatic carbocycles. The SMILES string of the molecule is CCOc1ncccc1-c1cc(NCC2=CN(C)CC=C2)c2c(cc(CC)n2CC)n1. The lowest BCUT2D eigenvalue weighted by Crippen LogP contribution is -2.17. The Morgan fingerprint density at radius 3 is 2.81 bits per heavy atom.